The van der Waals surface area contributed by atoms with Gasteiger partial charge in [-0.3, -0.25) is 0 Å². The minimum atomic E-state index is -3.59. The molecular weight excluding hydrogens is 290 g/mol. The number of benzene rings is 1. The van der Waals surface area contributed by atoms with Gasteiger partial charge < -0.3 is 9.72 Å². The van der Waals surface area contributed by atoms with E-state index < -0.39 is 10.0 Å². The number of nitrogens with one attached hydrogen (secondary N) is 2. The molecule has 0 unspecified atom stereocenters. The highest BCUT2D eigenvalue weighted by atomic mass is 32.2. The second-order valence-electron chi connectivity index (χ2n) is 4.68. The Bertz CT molecular complexity index is 709. The summed E-state index contributed by atoms with van der Waals surface area (Å²) in [5, 5.41) is 0. The summed E-state index contributed by atoms with van der Waals surface area (Å²) < 4.78 is 32.8. The first-order chi connectivity index (χ1) is 9.94. The number of ether oxygens (including phenoxy) is 1. The lowest BCUT2D eigenvalue weighted by Crippen LogP contribution is -2.24. The lowest BCUT2D eigenvalue weighted by Gasteiger charge is -2.13. The van der Waals surface area contributed by atoms with E-state index in [1.54, 1.807) is 31.5 Å². The summed E-state index contributed by atoms with van der Waals surface area (Å²) in [5.41, 5.74) is 1.44. The summed E-state index contributed by atoms with van der Waals surface area (Å²) >= 11 is 0. The van der Waals surface area contributed by atoms with Gasteiger partial charge in [-0.25, -0.2) is 18.1 Å². The van der Waals surface area contributed by atoms with Crippen molar-refractivity contribution in [3.8, 4) is 5.75 Å². The van der Waals surface area contributed by atoms with E-state index in [1.165, 1.54) is 0 Å². The lowest BCUT2D eigenvalue weighted by atomic mass is 10.1. The van der Waals surface area contributed by atoms with Gasteiger partial charge in [-0.05, 0) is 44.0 Å². The topological polar surface area (TPSA) is 84.1 Å². The van der Waals surface area contributed by atoms with Gasteiger partial charge in [0.15, 0.2) is 0 Å². The Morgan fingerprint density at radius 1 is 1.29 bits per heavy atom. The molecule has 0 bridgehead atoms. The number of rotatable bonds is 6. The second kappa shape index (κ2) is 6.28. The third-order valence-corrected chi connectivity index (χ3v) is 4.59. The average Bonchev–Trinajstić information content (AvgIpc) is 2.94. The summed E-state index contributed by atoms with van der Waals surface area (Å²) in [6, 6.07) is 3.38. The Balaban J connectivity index is 2.25. The largest absolute Gasteiger partial charge is 0.494 e. The number of sulfonamides is 1. The van der Waals surface area contributed by atoms with Gasteiger partial charge in [0, 0.05) is 12.4 Å². The molecule has 0 atom stereocenters. The van der Waals surface area contributed by atoms with Crippen LogP contribution in [0.4, 0.5) is 0 Å². The predicted octanol–water partition coefficient (Wildman–Crippen LogP) is 1.90. The van der Waals surface area contributed by atoms with Crippen LogP contribution >= 0.6 is 0 Å². The van der Waals surface area contributed by atoms with Crippen molar-refractivity contribution in [2.45, 2.75) is 32.2 Å². The number of H-pyrrole nitrogens is 1. The van der Waals surface area contributed by atoms with Gasteiger partial charge in [-0.15, -0.1) is 0 Å². The van der Waals surface area contributed by atoms with Gasteiger partial charge in [0.1, 0.15) is 11.6 Å². The van der Waals surface area contributed by atoms with E-state index in [9.17, 15) is 8.42 Å². The number of aromatic amines is 1. The van der Waals surface area contributed by atoms with E-state index in [0.717, 1.165) is 5.56 Å². The molecule has 2 N–H and O–H groups in total. The smallest absolute Gasteiger partial charge is 0.241 e. The molecular formula is C14H19N3O3S. The minimum absolute atomic E-state index is 0.126. The van der Waals surface area contributed by atoms with Crippen LogP contribution in [0.15, 0.2) is 29.4 Å². The molecule has 21 heavy (non-hydrogen) atoms. The summed E-state index contributed by atoms with van der Waals surface area (Å²) in [6.07, 6.45) is 3.23. The molecule has 0 radical (unpaired) electrons. The van der Waals surface area contributed by atoms with Crippen molar-refractivity contribution in [1.29, 1.82) is 0 Å². The minimum Gasteiger partial charge on any atom is -0.494 e. The van der Waals surface area contributed by atoms with Crippen LogP contribution in [-0.2, 0) is 16.6 Å². The molecule has 2 aromatic rings. The molecule has 114 valence electrons. The Kier molecular flexibility index (Phi) is 4.64. The SMILES string of the molecule is CCOc1cc(C)c(S(=O)(=O)NCc2ncc[nH]2)cc1C. The van der Waals surface area contributed by atoms with E-state index >= 15 is 0 Å². The van der Waals surface area contributed by atoms with Crippen molar-refractivity contribution in [1.82, 2.24) is 14.7 Å². The zero-order chi connectivity index (χ0) is 15.5. The summed E-state index contributed by atoms with van der Waals surface area (Å²) in [4.78, 5) is 7.10. The summed E-state index contributed by atoms with van der Waals surface area (Å²) in [5.74, 6) is 1.28. The van der Waals surface area contributed by atoms with E-state index in [0.29, 0.717) is 23.7 Å². The molecule has 0 aliphatic heterocycles. The van der Waals surface area contributed by atoms with E-state index in [1.807, 2.05) is 13.8 Å². The van der Waals surface area contributed by atoms with Crippen LogP contribution in [0.2, 0.25) is 0 Å². The van der Waals surface area contributed by atoms with Crippen LogP contribution in [0.3, 0.4) is 0 Å². The van der Waals surface area contributed by atoms with Crippen LogP contribution in [0.25, 0.3) is 0 Å². The molecule has 7 heteroatoms. The van der Waals surface area contributed by atoms with Crippen molar-refractivity contribution >= 4 is 10.0 Å². The molecule has 0 spiro atoms. The van der Waals surface area contributed by atoms with Crippen LogP contribution in [0, 0.1) is 13.8 Å². The highest BCUT2D eigenvalue weighted by molar-refractivity contribution is 7.89. The van der Waals surface area contributed by atoms with Gasteiger partial charge in [0.2, 0.25) is 10.0 Å². The van der Waals surface area contributed by atoms with Crippen molar-refractivity contribution in [2.75, 3.05) is 6.61 Å². The van der Waals surface area contributed by atoms with E-state index in [4.69, 9.17) is 4.74 Å². The molecule has 6 nitrogen and oxygen atoms in total. The maximum Gasteiger partial charge on any atom is 0.241 e. The maximum absolute atomic E-state index is 12.4. The quantitative estimate of drug-likeness (QED) is 0.853. The van der Waals surface area contributed by atoms with Gasteiger partial charge in [-0.2, -0.15) is 0 Å². The number of aromatic nitrogens is 2. The molecule has 0 aliphatic carbocycles. The average molecular weight is 309 g/mol. The number of hydrogen-bond acceptors (Lipinski definition) is 4. The molecule has 0 saturated carbocycles. The van der Waals surface area contributed by atoms with E-state index in [-0.39, 0.29) is 11.4 Å². The third kappa shape index (κ3) is 3.62. The molecule has 0 fully saturated rings. The van der Waals surface area contributed by atoms with Gasteiger partial charge in [0.25, 0.3) is 0 Å². The fraction of sp³-hybridized carbons (Fsp3) is 0.357. The monoisotopic (exact) mass is 309 g/mol. The van der Waals surface area contributed by atoms with Gasteiger partial charge in [-0.1, -0.05) is 0 Å². The van der Waals surface area contributed by atoms with Crippen molar-refractivity contribution in [2.24, 2.45) is 0 Å². The molecule has 0 saturated heterocycles. The van der Waals surface area contributed by atoms with Crippen molar-refractivity contribution in [3.05, 3.63) is 41.5 Å². The molecule has 1 aromatic heterocycles. The van der Waals surface area contributed by atoms with Crippen LogP contribution in [-0.4, -0.2) is 25.0 Å². The third-order valence-electron chi connectivity index (χ3n) is 3.05. The molecule has 1 aromatic carbocycles. The molecule has 0 amide bonds. The number of hydrogen-bond donors (Lipinski definition) is 2. The normalized spacial score (nSPS) is 11.6. The fourth-order valence-corrected chi connectivity index (χ4v) is 3.30. The number of nitrogens with zero attached hydrogens (tertiary/aromatic N) is 1. The predicted molar refractivity (Wildman–Crippen MR) is 79.7 cm³/mol. The molecule has 2 rings (SSSR count). The van der Waals surface area contributed by atoms with Crippen LogP contribution in [0.1, 0.15) is 23.9 Å². The van der Waals surface area contributed by atoms with Gasteiger partial charge >= 0.3 is 0 Å². The van der Waals surface area contributed by atoms with E-state index in [2.05, 4.69) is 14.7 Å². The summed E-state index contributed by atoms with van der Waals surface area (Å²) in [7, 11) is -3.59. The van der Waals surface area contributed by atoms with Gasteiger partial charge in [0.05, 0.1) is 18.0 Å². The van der Waals surface area contributed by atoms with Crippen LogP contribution in [0.5, 0.6) is 5.75 Å². The van der Waals surface area contributed by atoms with Crippen molar-refractivity contribution in [3.63, 3.8) is 0 Å². The molecule has 1 heterocycles. The Labute approximate surface area is 124 Å². The summed E-state index contributed by atoms with van der Waals surface area (Å²) in [6.45, 7) is 6.15. The number of aryl methyl sites for hydroxylation is 2. The Morgan fingerprint density at radius 3 is 2.67 bits per heavy atom. The zero-order valence-corrected chi connectivity index (χ0v) is 13.1. The Morgan fingerprint density at radius 2 is 2.05 bits per heavy atom. The van der Waals surface area contributed by atoms with Crippen molar-refractivity contribution < 1.29 is 13.2 Å². The first-order valence-electron chi connectivity index (χ1n) is 6.66. The van der Waals surface area contributed by atoms with Crippen LogP contribution < -0.4 is 9.46 Å². The first kappa shape index (κ1) is 15.5. The first-order valence-corrected chi connectivity index (χ1v) is 8.14. The highest BCUT2D eigenvalue weighted by Gasteiger charge is 2.19. The second-order valence-corrected chi connectivity index (χ2v) is 6.41. The maximum atomic E-state index is 12.4. The highest BCUT2D eigenvalue weighted by Crippen LogP contribution is 2.25. The fourth-order valence-electron chi connectivity index (χ4n) is 2.00. The zero-order valence-electron chi connectivity index (χ0n) is 12.3. The number of imidazole rings is 1. The Hall–Kier alpha value is -1.86. The lowest BCUT2D eigenvalue weighted by molar-refractivity contribution is 0.337. The molecule has 0 aliphatic rings. The standard InChI is InChI=1S/C14H19N3O3S/c1-4-20-12-7-11(3)13(8-10(12)2)21(18,19)17-9-14-15-5-6-16-14/h5-8,17H,4,9H2,1-3H3,(H,15,16).